The van der Waals surface area contributed by atoms with E-state index in [1.807, 2.05) is 10.9 Å². The van der Waals surface area contributed by atoms with Gasteiger partial charge in [0.15, 0.2) is 0 Å². The zero-order chi connectivity index (χ0) is 28.8. The van der Waals surface area contributed by atoms with Crippen LogP contribution in [0.3, 0.4) is 0 Å². The Morgan fingerprint density at radius 2 is 1.18 bits per heavy atom. The molecular weight excluding hydrogens is 528 g/mol. The van der Waals surface area contributed by atoms with Crippen molar-refractivity contribution >= 4 is 29.1 Å². The number of benzene rings is 3. The number of anilines is 2. The molecule has 0 saturated carbocycles. The molecule has 0 bridgehead atoms. The summed E-state index contributed by atoms with van der Waals surface area (Å²) < 4.78 is 78.2. The highest BCUT2D eigenvalue weighted by atomic mass is 19.4. The fourth-order valence-corrected chi connectivity index (χ4v) is 3.70. The van der Waals surface area contributed by atoms with Gasteiger partial charge in [0, 0.05) is 29.8 Å². The highest BCUT2D eigenvalue weighted by Gasteiger charge is 2.37. The summed E-state index contributed by atoms with van der Waals surface area (Å²) in [6.45, 7) is 1.61. The minimum Gasteiger partial charge on any atom is -0.281 e. The Morgan fingerprint density at radius 1 is 0.718 bits per heavy atom. The Morgan fingerprint density at radius 3 is 1.62 bits per heavy atom. The van der Waals surface area contributed by atoms with Gasteiger partial charge in [-0.1, -0.05) is 43.3 Å². The average Bonchev–Trinajstić information content (AvgIpc) is 2.87. The summed E-state index contributed by atoms with van der Waals surface area (Å²) in [6, 6.07) is 18.0. The van der Waals surface area contributed by atoms with Crippen molar-refractivity contribution < 1.29 is 40.7 Å². The second kappa shape index (κ2) is 12.0. The number of hydrogen-bond acceptors (Lipinski definition) is 3. The predicted octanol–water partition coefficient (Wildman–Crippen LogP) is 6.27. The molecule has 0 unspecified atom stereocenters. The quantitative estimate of drug-likeness (QED) is 0.269. The molecule has 3 amide bonds. The second-order valence-electron chi connectivity index (χ2n) is 8.71. The van der Waals surface area contributed by atoms with E-state index >= 15 is 0 Å². The fourth-order valence-electron chi connectivity index (χ4n) is 3.70. The number of hydrogen-bond donors (Lipinski definition) is 2. The first-order valence-corrected chi connectivity index (χ1v) is 11.6. The van der Waals surface area contributed by atoms with Gasteiger partial charge in [0.05, 0.1) is 11.1 Å². The Kier molecular flexibility index (Phi) is 9.00. The van der Waals surface area contributed by atoms with Crippen LogP contribution >= 0.6 is 0 Å². The van der Waals surface area contributed by atoms with Gasteiger partial charge in [0.1, 0.15) is 0 Å². The Balaban J connectivity index is 1.64. The smallest absolute Gasteiger partial charge is 0.281 e. The van der Waals surface area contributed by atoms with Gasteiger partial charge in [-0.3, -0.25) is 30.1 Å². The van der Waals surface area contributed by atoms with Crippen LogP contribution in [0.25, 0.3) is 0 Å². The minimum atomic E-state index is -5.13. The molecule has 0 aromatic heterocycles. The molecule has 0 aliphatic carbocycles. The summed E-state index contributed by atoms with van der Waals surface area (Å²) in [4.78, 5) is 39.2. The monoisotopic (exact) mass is 551 g/mol. The largest absolute Gasteiger partial charge is 0.416 e. The van der Waals surface area contributed by atoms with Crippen molar-refractivity contribution in [2.45, 2.75) is 32.1 Å². The lowest BCUT2D eigenvalue weighted by Crippen LogP contribution is -2.42. The van der Waals surface area contributed by atoms with Gasteiger partial charge in [-0.15, -0.1) is 0 Å². The Hall–Kier alpha value is -4.35. The van der Waals surface area contributed by atoms with Crippen molar-refractivity contribution in [3.8, 4) is 0 Å². The van der Waals surface area contributed by atoms with Gasteiger partial charge < -0.3 is 0 Å². The summed E-state index contributed by atoms with van der Waals surface area (Å²) in [7, 11) is 0. The summed E-state index contributed by atoms with van der Waals surface area (Å²) >= 11 is 0. The first kappa shape index (κ1) is 29.2. The van der Waals surface area contributed by atoms with Crippen LogP contribution in [-0.4, -0.2) is 17.7 Å². The number of halogens is 6. The van der Waals surface area contributed by atoms with E-state index in [4.69, 9.17) is 0 Å². The van der Waals surface area contributed by atoms with Crippen molar-refractivity contribution in [2.24, 2.45) is 5.92 Å². The number of amides is 3. The lowest BCUT2D eigenvalue weighted by atomic mass is 10.0. The third-order valence-electron chi connectivity index (χ3n) is 5.50. The number of nitrogens with one attached hydrogen (secondary N) is 2. The third-order valence-corrected chi connectivity index (χ3v) is 5.50. The maximum Gasteiger partial charge on any atom is 0.416 e. The normalized spacial score (nSPS) is 12.4. The molecule has 206 valence electrons. The molecule has 12 heteroatoms. The number of carbonyl (C=O) groups excluding carboxylic acids is 3. The summed E-state index contributed by atoms with van der Waals surface area (Å²) in [5.74, 6) is -3.02. The molecular formula is C27H23F6N3O3. The van der Waals surface area contributed by atoms with E-state index in [0.29, 0.717) is 11.4 Å². The van der Waals surface area contributed by atoms with Crippen molar-refractivity contribution in [3.63, 3.8) is 0 Å². The predicted molar refractivity (Wildman–Crippen MR) is 130 cm³/mol. The lowest BCUT2D eigenvalue weighted by molar-refractivity contribution is -0.143. The SMILES string of the molecule is C[C@@H](CC(=O)NNC(=O)c1cc(C(F)(F)F)cc(C(F)(F)F)c1)CC(=O)N(c1ccccc1)c1ccccc1. The van der Waals surface area contributed by atoms with Crippen molar-refractivity contribution in [1.29, 1.82) is 0 Å². The van der Waals surface area contributed by atoms with Crippen LogP contribution in [0, 0.1) is 5.92 Å². The Bertz CT molecular complexity index is 1240. The molecule has 0 aliphatic rings. The molecule has 3 rings (SSSR count). The molecule has 0 aliphatic heterocycles. The van der Waals surface area contributed by atoms with Crippen LogP contribution in [-0.2, 0) is 21.9 Å². The Labute approximate surface area is 219 Å². The summed E-state index contributed by atoms with van der Waals surface area (Å²) in [5.41, 5.74) is 0.734. The molecule has 3 aromatic carbocycles. The average molecular weight is 551 g/mol. The fraction of sp³-hybridized carbons (Fsp3) is 0.222. The molecule has 0 heterocycles. The zero-order valence-electron chi connectivity index (χ0n) is 20.4. The summed E-state index contributed by atoms with van der Waals surface area (Å²) in [5, 5.41) is 0. The zero-order valence-corrected chi connectivity index (χ0v) is 20.4. The number of hydrazine groups is 1. The molecule has 3 aromatic rings. The van der Waals surface area contributed by atoms with Gasteiger partial charge in [-0.25, -0.2) is 0 Å². The number of para-hydroxylation sites is 2. The van der Waals surface area contributed by atoms with E-state index in [-0.39, 0.29) is 36.9 Å². The van der Waals surface area contributed by atoms with E-state index in [9.17, 15) is 40.7 Å². The van der Waals surface area contributed by atoms with Crippen LogP contribution in [0.2, 0.25) is 0 Å². The number of alkyl halides is 6. The molecule has 2 N–H and O–H groups in total. The van der Waals surface area contributed by atoms with Crippen LogP contribution in [0.1, 0.15) is 41.3 Å². The molecule has 39 heavy (non-hydrogen) atoms. The van der Waals surface area contributed by atoms with Crippen LogP contribution in [0.4, 0.5) is 37.7 Å². The summed E-state index contributed by atoms with van der Waals surface area (Å²) in [6.07, 6.45) is -10.6. The van der Waals surface area contributed by atoms with Gasteiger partial charge >= 0.3 is 12.4 Å². The molecule has 1 atom stereocenters. The topological polar surface area (TPSA) is 78.5 Å². The highest BCUT2D eigenvalue weighted by molar-refractivity contribution is 6.01. The van der Waals surface area contributed by atoms with E-state index in [1.54, 1.807) is 67.6 Å². The van der Waals surface area contributed by atoms with E-state index < -0.39 is 46.8 Å². The van der Waals surface area contributed by atoms with E-state index in [1.165, 1.54) is 4.90 Å². The number of rotatable bonds is 7. The van der Waals surface area contributed by atoms with Crippen molar-refractivity contribution in [2.75, 3.05) is 4.90 Å². The third kappa shape index (κ3) is 8.06. The van der Waals surface area contributed by atoms with E-state index in [0.717, 1.165) is 0 Å². The second-order valence-corrected chi connectivity index (χ2v) is 8.71. The standard InChI is InChI=1S/C27H23F6N3O3/c1-17(13-24(38)36(21-8-4-2-5-9-21)22-10-6-3-7-11-22)12-23(37)34-35-25(39)18-14-19(26(28,29)30)16-20(15-18)27(31,32)33/h2-11,14-17H,12-13H2,1H3,(H,34,37)(H,35,39)/t17-/m0/s1. The van der Waals surface area contributed by atoms with Gasteiger partial charge in [0.25, 0.3) is 5.91 Å². The van der Waals surface area contributed by atoms with Crippen LogP contribution in [0.15, 0.2) is 78.9 Å². The minimum absolute atomic E-state index is 0.0757. The van der Waals surface area contributed by atoms with Crippen LogP contribution < -0.4 is 15.8 Å². The van der Waals surface area contributed by atoms with Crippen molar-refractivity contribution in [1.82, 2.24) is 10.9 Å². The lowest BCUT2D eigenvalue weighted by Gasteiger charge is -2.24. The first-order valence-electron chi connectivity index (χ1n) is 11.6. The van der Waals surface area contributed by atoms with Gasteiger partial charge in [-0.05, 0) is 48.4 Å². The van der Waals surface area contributed by atoms with Crippen LogP contribution in [0.5, 0.6) is 0 Å². The molecule has 0 spiro atoms. The van der Waals surface area contributed by atoms with Gasteiger partial charge in [0.2, 0.25) is 11.8 Å². The number of nitrogens with zero attached hydrogens (tertiary/aromatic N) is 1. The van der Waals surface area contributed by atoms with E-state index in [2.05, 4.69) is 0 Å². The maximum absolute atomic E-state index is 13.2. The molecule has 0 saturated heterocycles. The number of carbonyl (C=O) groups is 3. The maximum atomic E-state index is 13.2. The van der Waals surface area contributed by atoms with Crippen molar-refractivity contribution in [3.05, 3.63) is 95.6 Å². The first-order chi connectivity index (χ1) is 18.3. The van der Waals surface area contributed by atoms with Gasteiger partial charge in [-0.2, -0.15) is 26.3 Å². The molecule has 0 radical (unpaired) electrons. The molecule has 6 nitrogen and oxygen atoms in total. The highest BCUT2D eigenvalue weighted by Crippen LogP contribution is 2.36. The molecule has 0 fully saturated rings.